The Hall–Kier alpha value is -6.63. The minimum absolute atomic E-state index is 0.169. The van der Waals surface area contributed by atoms with E-state index in [1.54, 1.807) is 0 Å². The lowest BCUT2D eigenvalue weighted by Crippen LogP contribution is -2.14. The van der Waals surface area contributed by atoms with Crippen molar-refractivity contribution in [3.05, 3.63) is 186 Å². The molecular weight excluding hydrogens is 619 g/mol. The van der Waals surface area contributed by atoms with Gasteiger partial charge in [0.1, 0.15) is 0 Å². The molecule has 0 fully saturated rings. The third-order valence-electron chi connectivity index (χ3n) is 10.3. The van der Waals surface area contributed by atoms with E-state index in [1.165, 1.54) is 44.2 Å². The van der Waals surface area contributed by atoms with Gasteiger partial charge in [0, 0.05) is 22.1 Å². The van der Waals surface area contributed by atoms with Gasteiger partial charge in [-0.25, -0.2) is 14.8 Å². The second kappa shape index (κ2) is 12.1. The maximum atomic E-state index is 7.56. The first-order valence-corrected chi connectivity index (χ1v) is 17.3. The standard InChI is InChI=1S/C48H33N3/c1-48(2)42-18-10-17-40(46(42)41-26-25-39(49-3)29-43(41)48)33-22-19-32(20-23-33)36-15-9-16-37(27-36)45-30-44(34-12-5-4-6-13-34)50-47(51-45)38-24-21-31-11-7-8-14-35(31)28-38/h4-30H,1-2H3. The highest BCUT2D eigenvalue weighted by Gasteiger charge is 2.36. The molecule has 0 spiro atoms. The predicted octanol–water partition coefficient (Wildman–Crippen LogP) is 12.8. The van der Waals surface area contributed by atoms with Crippen LogP contribution in [0.5, 0.6) is 0 Å². The van der Waals surface area contributed by atoms with Crippen LogP contribution in [0.15, 0.2) is 164 Å². The molecule has 1 aliphatic carbocycles. The first-order chi connectivity index (χ1) is 25.0. The van der Waals surface area contributed by atoms with Crippen LogP contribution in [-0.4, -0.2) is 9.97 Å². The van der Waals surface area contributed by atoms with E-state index in [4.69, 9.17) is 16.5 Å². The lowest BCUT2D eigenvalue weighted by atomic mass is 9.82. The van der Waals surface area contributed by atoms with E-state index < -0.39 is 0 Å². The van der Waals surface area contributed by atoms with Crippen molar-refractivity contribution in [2.45, 2.75) is 19.3 Å². The topological polar surface area (TPSA) is 30.1 Å². The Bertz CT molecular complexity index is 2660. The highest BCUT2D eigenvalue weighted by atomic mass is 14.9. The van der Waals surface area contributed by atoms with Gasteiger partial charge in [-0.3, -0.25) is 0 Å². The Kier molecular flexibility index (Phi) is 7.19. The van der Waals surface area contributed by atoms with E-state index >= 15 is 0 Å². The van der Waals surface area contributed by atoms with Gasteiger partial charge in [-0.05, 0) is 73.5 Å². The SMILES string of the molecule is [C-]#[N+]c1ccc2c(c1)C(C)(C)c1cccc(-c3ccc(-c4cccc(-c5cc(-c6ccccc6)nc(-c6ccc7ccccc7c6)n5)c4)cc3)c1-2. The van der Waals surface area contributed by atoms with Crippen LogP contribution in [-0.2, 0) is 5.41 Å². The molecular formula is C48H33N3. The maximum Gasteiger partial charge on any atom is 0.187 e. The summed E-state index contributed by atoms with van der Waals surface area (Å²) in [5, 5.41) is 2.36. The number of rotatable bonds is 5. The lowest BCUT2D eigenvalue weighted by molar-refractivity contribution is 0.661. The zero-order valence-electron chi connectivity index (χ0n) is 28.4. The molecule has 0 N–H and O–H groups in total. The third-order valence-corrected chi connectivity index (χ3v) is 10.3. The van der Waals surface area contributed by atoms with Crippen molar-refractivity contribution < 1.29 is 0 Å². The number of hydrogen-bond acceptors (Lipinski definition) is 2. The molecule has 7 aromatic carbocycles. The van der Waals surface area contributed by atoms with Crippen LogP contribution in [0.2, 0.25) is 0 Å². The molecule has 8 aromatic rings. The quantitative estimate of drug-likeness (QED) is 0.173. The van der Waals surface area contributed by atoms with E-state index in [0.29, 0.717) is 11.5 Å². The van der Waals surface area contributed by atoms with Crippen LogP contribution in [0.25, 0.3) is 82.9 Å². The van der Waals surface area contributed by atoms with Gasteiger partial charge >= 0.3 is 0 Å². The van der Waals surface area contributed by atoms with Crippen molar-refractivity contribution in [2.75, 3.05) is 0 Å². The smallest absolute Gasteiger partial charge is 0.187 e. The Morgan fingerprint density at radius 2 is 1.12 bits per heavy atom. The highest BCUT2D eigenvalue weighted by Crippen LogP contribution is 2.53. The summed E-state index contributed by atoms with van der Waals surface area (Å²) in [7, 11) is 0. The van der Waals surface area contributed by atoms with Gasteiger partial charge < -0.3 is 0 Å². The average Bonchev–Trinajstić information content (AvgIpc) is 3.43. The van der Waals surface area contributed by atoms with Crippen LogP contribution in [0.1, 0.15) is 25.0 Å². The summed E-state index contributed by atoms with van der Waals surface area (Å²) in [4.78, 5) is 13.9. The van der Waals surface area contributed by atoms with Gasteiger partial charge in [-0.2, -0.15) is 0 Å². The molecule has 0 radical (unpaired) electrons. The molecule has 3 nitrogen and oxygen atoms in total. The van der Waals surface area contributed by atoms with Crippen LogP contribution in [0, 0.1) is 6.57 Å². The molecule has 1 aliphatic rings. The van der Waals surface area contributed by atoms with Crippen molar-refractivity contribution in [3.8, 4) is 67.3 Å². The molecule has 9 rings (SSSR count). The maximum absolute atomic E-state index is 7.56. The van der Waals surface area contributed by atoms with Gasteiger partial charge in [-0.15, -0.1) is 0 Å². The van der Waals surface area contributed by atoms with E-state index in [9.17, 15) is 0 Å². The fraction of sp³-hybridized carbons (Fsp3) is 0.0625. The van der Waals surface area contributed by atoms with Crippen LogP contribution in [0.4, 0.5) is 5.69 Å². The molecule has 0 unspecified atom stereocenters. The Morgan fingerprint density at radius 1 is 0.451 bits per heavy atom. The zero-order chi connectivity index (χ0) is 34.5. The fourth-order valence-corrected chi connectivity index (χ4v) is 7.60. The predicted molar refractivity (Wildman–Crippen MR) is 211 cm³/mol. The van der Waals surface area contributed by atoms with Crippen LogP contribution in [0.3, 0.4) is 0 Å². The van der Waals surface area contributed by atoms with E-state index in [1.807, 2.05) is 24.3 Å². The number of benzene rings is 7. The monoisotopic (exact) mass is 651 g/mol. The summed E-state index contributed by atoms with van der Waals surface area (Å²) in [6.45, 7) is 12.1. The lowest BCUT2D eigenvalue weighted by Gasteiger charge is -2.22. The summed E-state index contributed by atoms with van der Waals surface area (Å²) in [6, 6.07) is 57.5. The molecule has 0 saturated heterocycles. The summed E-state index contributed by atoms with van der Waals surface area (Å²) in [5.41, 5.74) is 15.0. The number of fused-ring (bicyclic) bond motifs is 4. The second-order valence-corrected chi connectivity index (χ2v) is 13.7. The van der Waals surface area contributed by atoms with Crippen molar-refractivity contribution in [1.82, 2.24) is 9.97 Å². The van der Waals surface area contributed by atoms with Crippen molar-refractivity contribution in [3.63, 3.8) is 0 Å². The largest absolute Gasteiger partial charge is 0.238 e. The Labute approximate surface area is 298 Å². The van der Waals surface area contributed by atoms with Gasteiger partial charge in [-0.1, -0.05) is 159 Å². The molecule has 0 atom stereocenters. The molecule has 0 saturated carbocycles. The van der Waals surface area contributed by atoms with Crippen molar-refractivity contribution in [2.24, 2.45) is 0 Å². The summed E-state index contributed by atoms with van der Waals surface area (Å²) in [6.07, 6.45) is 0. The van der Waals surface area contributed by atoms with Gasteiger partial charge in [0.15, 0.2) is 11.5 Å². The molecule has 51 heavy (non-hydrogen) atoms. The Morgan fingerprint density at radius 3 is 1.92 bits per heavy atom. The Balaban J connectivity index is 1.10. The second-order valence-electron chi connectivity index (χ2n) is 13.7. The first-order valence-electron chi connectivity index (χ1n) is 17.3. The first kappa shape index (κ1) is 30.4. The molecule has 0 bridgehead atoms. The minimum Gasteiger partial charge on any atom is -0.238 e. The molecule has 1 heterocycles. The summed E-state index contributed by atoms with van der Waals surface area (Å²) in [5.74, 6) is 0.706. The summed E-state index contributed by atoms with van der Waals surface area (Å²) < 4.78 is 0. The molecule has 0 aliphatic heterocycles. The van der Waals surface area contributed by atoms with Crippen LogP contribution < -0.4 is 0 Å². The van der Waals surface area contributed by atoms with Crippen molar-refractivity contribution in [1.29, 1.82) is 0 Å². The average molecular weight is 652 g/mol. The third kappa shape index (κ3) is 5.30. The van der Waals surface area contributed by atoms with E-state index in [2.05, 4.69) is 158 Å². The molecule has 240 valence electrons. The zero-order valence-corrected chi connectivity index (χ0v) is 28.4. The van der Waals surface area contributed by atoms with Crippen molar-refractivity contribution >= 4 is 16.5 Å². The van der Waals surface area contributed by atoms with Gasteiger partial charge in [0.05, 0.1) is 18.0 Å². The molecule has 3 heteroatoms. The van der Waals surface area contributed by atoms with Gasteiger partial charge in [0.25, 0.3) is 0 Å². The normalized spacial score (nSPS) is 12.6. The van der Waals surface area contributed by atoms with Crippen LogP contribution >= 0.6 is 0 Å². The summed E-state index contributed by atoms with van der Waals surface area (Å²) >= 11 is 0. The van der Waals surface area contributed by atoms with E-state index in [0.717, 1.165) is 39.2 Å². The fourth-order valence-electron chi connectivity index (χ4n) is 7.60. The highest BCUT2D eigenvalue weighted by molar-refractivity contribution is 5.94. The molecule has 0 amide bonds. The minimum atomic E-state index is -0.169. The number of nitrogens with zero attached hydrogens (tertiary/aromatic N) is 3. The van der Waals surface area contributed by atoms with E-state index in [-0.39, 0.29) is 5.41 Å². The molecule has 1 aromatic heterocycles. The van der Waals surface area contributed by atoms with Gasteiger partial charge in [0.2, 0.25) is 0 Å². The number of hydrogen-bond donors (Lipinski definition) is 0. The number of aromatic nitrogens is 2.